The highest BCUT2D eigenvalue weighted by molar-refractivity contribution is 5.93. The van der Waals surface area contributed by atoms with Crippen molar-refractivity contribution in [3.63, 3.8) is 0 Å². The molecule has 2 rings (SSSR count). The molecule has 1 aromatic heterocycles. The fourth-order valence-electron chi connectivity index (χ4n) is 2.34. The van der Waals surface area contributed by atoms with E-state index >= 15 is 0 Å². The van der Waals surface area contributed by atoms with Gasteiger partial charge in [-0.05, 0) is 18.9 Å². The van der Waals surface area contributed by atoms with Crippen LogP contribution in [0.5, 0.6) is 0 Å². The zero-order valence-electron chi connectivity index (χ0n) is 9.85. The first-order chi connectivity index (χ1) is 8.27. The van der Waals surface area contributed by atoms with Crippen LogP contribution < -0.4 is 5.32 Å². The Morgan fingerprint density at radius 1 is 1.29 bits per heavy atom. The average Bonchev–Trinajstić information content (AvgIpc) is 2.58. The van der Waals surface area contributed by atoms with Gasteiger partial charge in [-0.25, -0.2) is 4.79 Å². The van der Waals surface area contributed by atoms with Crippen LogP contribution in [0.3, 0.4) is 0 Å². The molecule has 1 aliphatic rings. The molecule has 0 amide bonds. The Hall–Kier alpha value is -1.58. The highest BCUT2D eigenvalue weighted by atomic mass is 16.4. The number of pyridine rings is 1. The molecular weight excluding hydrogens is 216 g/mol. The van der Waals surface area contributed by atoms with Gasteiger partial charge in [0.25, 0.3) is 0 Å². The Kier molecular flexibility index (Phi) is 3.96. The Morgan fingerprint density at radius 3 is 2.65 bits per heavy atom. The van der Waals surface area contributed by atoms with Crippen LogP contribution in [-0.2, 0) is 0 Å². The van der Waals surface area contributed by atoms with E-state index in [1.54, 1.807) is 12.3 Å². The highest BCUT2D eigenvalue weighted by Gasteiger charge is 2.15. The van der Waals surface area contributed by atoms with Crippen LogP contribution in [0.1, 0.15) is 48.9 Å². The van der Waals surface area contributed by atoms with Gasteiger partial charge >= 0.3 is 5.97 Å². The zero-order chi connectivity index (χ0) is 12.1. The monoisotopic (exact) mass is 234 g/mol. The maximum absolute atomic E-state index is 11.1. The van der Waals surface area contributed by atoms with E-state index in [0.717, 1.165) is 12.8 Å². The van der Waals surface area contributed by atoms with E-state index in [-0.39, 0.29) is 0 Å². The van der Waals surface area contributed by atoms with Gasteiger partial charge in [-0.3, -0.25) is 4.98 Å². The molecule has 2 N–H and O–H groups in total. The molecule has 1 saturated carbocycles. The Bertz CT molecular complexity index is 385. The number of aromatic carboxylic acids is 1. The summed E-state index contributed by atoms with van der Waals surface area (Å²) in [5.41, 5.74) is 0.955. The van der Waals surface area contributed by atoms with Crippen LogP contribution in [0, 0.1) is 0 Å². The van der Waals surface area contributed by atoms with Crippen molar-refractivity contribution in [3.05, 3.63) is 24.0 Å². The molecule has 0 aromatic carbocycles. The fraction of sp³-hybridized carbons (Fsp3) is 0.538. The lowest BCUT2D eigenvalue weighted by Crippen LogP contribution is -2.20. The molecule has 4 heteroatoms. The smallest absolute Gasteiger partial charge is 0.337 e. The summed E-state index contributed by atoms with van der Waals surface area (Å²) in [6.07, 6.45) is 10.4. The highest BCUT2D eigenvalue weighted by Crippen LogP contribution is 2.22. The first kappa shape index (κ1) is 11.9. The Labute approximate surface area is 101 Å². The lowest BCUT2D eigenvalue weighted by Gasteiger charge is -2.18. The molecule has 1 aromatic rings. The minimum atomic E-state index is -0.900. The molecule has 0 bridgehead atoms. The van der Waals surface area contributed by atoms with Gasteiger partial charge in [0, 0.05) is 12.2 Å². The minimum Gasteiger partial charge on any atom is -0.478 e. The number of nitrogens with zero attached hydrogens (tertiary/aromatic N) is 1. The second kappa shape index (κ2) is 5.66. The van der Waals surface area contributed by atoms with Crippen LogP contribution in [0.2, 0.25) is 0 Å². The van der Waals surface area contributed by atoms with Gasteiger partial charge < -0.3 is 10.4 Å². The third-order valence-corrected chi connectivity index (χ3v) is 3.27. The molecule has 1 heterocycles. The van der Waals surface area contributed by atoms with Crippen molar-refractivity contribution in [1.82, 2.24) is 4.98 Å². The SMILES string of the molecule is O=C(O)c1ccncc1NC1CCCCCC1. The van der Waals surface area contributed by atoms with E-state index in [1.807, 2.05) is 0 Å². The Morgan fingerprint density at radius 2 is 2.00 bits per heavy atom. The maximum atomic E-state index is 11.1. The summed E-state index contributed by atoms with van der Waals surface area (Å²) in [4.78, 5) is 15.1. The molecule has 0 unspecified atom stereocenters. The molecule has 0 radical (unpaired) electrons. The van der Waals surface area contributed by atoms with E-state index in [4.69, 9.17) is 5.11 Å². The largest absolute Gasteiger partial charge is 0.478 e. The predicted octanol–water partition coefficient (Wildman–Crippen LogP) is 2.91. The standard InChI is InChI=1S/C13H18N2O2/c16-13(17)11-7-8-14-9-12(11)15-10-5-3-1-2-4-6-10/h7-10,15H,1-6H2,(H,16,17). The maximum Gasteiger partial charge on any atom is 0.337 e. The molecule has 1 aliphatic carbocycles. The normalized spacial score (nSPS) is 17.4. The Balaban J connectivity index is 2.09. The zero-order valence-corrected chi connectivity index (χ0v) is 9.85. The van der Waals surface area contributed by atoms with Crippen molar-refractivity contribution in [2.45, 2.75) is 44.6 Å². The lowest BCUT2D eigenvalue weighted by molar-refractivity contribution is 0.0698. The molecular formula is C13H18N2O2. The van der Waals surface area contributed by atoms with Crippen molar-refractivity contribution in [2.24, 2.45) is 0 Å². The second-order valence-corrected chi connectivity index (χ2v) is 4.56. The van der Waals surface area contributed by atoms with E-state index in [2.05, 4.69) is 10.3 Å². The first-order valence-corrected chi connectivity index (χ1v) is 6.21. The van der Waals surface area contributed by atoms with Gasteiger partial charge in [-0.1, -0.05) is 25.7 Å². The van der Waals surface area contributed by atoms with Gasteiger partial charge in [0.1, 0.15) is 0 Å². The van der Waals surface area contributed by atoms with Crippen LogP contribution in [0.15, 0.2) is 18.5 Å². The molecule has 17 heavy (non-hydrogen) atoms. The molecule has 0 spiro atoms. The number of nitrogens with one attached hydrogen (secondary N) is 1. The summed E-state index contributed by atoms with van der Waals surface area (Å²) < 4.78 is 0. The molecule has 1 fully saturated rings. The third kappa shape index (κ3) is 3.19. The second-order valence-electron chi connectivity index (χ2n) is 4.56. The summed E-state index contributed by atoms with van der Waals surface area (Å²) in [6.45, 7) is 0. The third-order valence-electron chi connectivity index (χ3n) is 3.27. The van der Waals surface area contributed by atoms with Crippen molar-refractivity contribution >= 4 is 11.7 Å². The first-order valence-electron chi connectivity index (χ1n) is 6.21. The van der Waals surface area contributed by atoms with Gasteiger partial charge in [-0.15, -0.1) is 0 Å². The average molecular weight is 234 g/mol. The molecule has 0 atom stereocenters. The van der Waals surface area contributed by atoms with Crippen LogP contribution in [-0.4, -0.2) is 22.1 Å². The van der Waals surface area contributed by atoms with Gasteiger partial charge in [0.15, 0.2) is 0 Å². The molecule has 92 valence electrons. The number of anilines is 1. The summed E-state index contributed by atoms with van der Waals surface area (Å²) in [6, 6.07) is 1.93. The van der Waals surface area contributed by atoms with Crippen LogP contribution in [0.4, 0.5) is 5.69 Å². The van der Waals surface area contributed by atoms with E-state index in [9.17, 15) is 4.79 Å². The number of hydrogen-bond donors (Lipinski definition) is 2. The number of carboxylic acids is 1. The van der Waals surface area contributed by atoms with Crippen molar-refractivity contribution in [3.8, 4) is 0 Å². The van der Waals surface area contributed by atoms with Crippen molar-refractivity contribution in [1.29, 1.82) is 0 Å². The number of carboxylic acid groups (broad SMARTS) is 1. The van der Waals surface area contributed by atoms with Crippen LogP contribution in [0.25, 0.3) is 0 Å². The number of carbonyl (C=O) groups is 1. The number of rotatable bonds is 3. The fourth-order valence-corrected chi connectivity index (χ4v) is 2.34. The van der Waals surface area contributed by atoms with Crippen LogP contribution >= 0.6 is 0 Å². The van der Waals surface area contributed by atoms with Gasteiger partial charge in [0.05, 0.1) is 17.4 Å². The van der Waals surface area contributed by atoms with Gasteiger partial charge in [0.2, 0.25) is 0 Å². The van der Waals surface area contributed by atoms with E-state index in [1.165, 1.54) is 31.9 Å². The molecule has 4 nitrogen and oxygen atoms in total. The molecule has 0 saturated heterocycles. The van der Waals surface area contributed by atoms with Gasteiger partial charge in [-0.2, -0.15) is 0 Å². The number of aromatic nitrogens is 1. The molecule has 0 aliphatic heterocycles. The summed E-state index contributed by atoms with van der Waals surface area (Å²) in [7, 11) is 0. The topological polar surface area (TPSA) is 62.2 Å². The quantitative estimate of drug-likeness (QED) is 0.789. The van der Waals surface area contributed by atoms with Crippen molar-refractivity contribution in [2.75, 3.05) is 5.32 Å². The summed E-state index contributed by atoms with van der Waals surface area (Å²) in [5, 5.41) is 12.4. The van der Waals surface area contributed by atoms with E-state index in [0.29, 0.717) is 17.3 Å². The lowest BCUT2D eigenvalue weighted by atomic mass is 10.1. The number of hydrogen-bond acceptors (Lipinski definition) is 3. The summed E-state index contributed by atoms with van der Waals surface area (Å²) in [5.74, 6) is -0.900. The van der Waals surface area contributed by atoms with E-state index < -0.39 is 5.97 Å². The minimum absolute atomic E-state index is 0.309. The summed E-state index contributed by atoms with van der Waals surface area (Å²) >= 11 is 0. The predicted molar refractivity (Wildman–Crippen MR) is 66.3 cm³/mol. The van der Waals surface area contributed by atoms with Crippen molar-refractivity contribution < 1.29 is 9.90 Å².